The maximum Gasteiger partial charge on any atom is 0.338 e. The van der Waals surface area contributed by atoms with Crippen LogP contribution in [0.4, 0.5) is 4.79 Å². The van der Waals surface area contributed by atoms with Gasteiger partial charge in [-0.15, -0.1) is 11.3 Å². The Morgan fingerprint density at radius 3 is 2.54 bits per heavy atom. The first kappa shape index (κ1) is 19.4. The summed E-state index contributed by atoms with van der Waals surface area (Å²) in [6.45, 7) is 3.82. The zero-order chi connectivity index (χ0) is 18.9. The van der Waals surface area contributed by atoms with Gasteiger partial charge in [-0.2, -0.15) is 0 Å². The lowest BCUT2D eigenvalue weighted by atomic mass is 10.2. The number of hydrogen-bond donors (Lipinski definition) is 2. The maximum atomic E-state index is 11.9. The normalized spacial score (nSPS) is 10.1. The van der Waals surface area contributed by atoms with Crippen molar-refractivity contribution < 1.29 is 23.9 Å². The van der Waals surface area contributed by atoms with E-state index in [9.17, 15) is 14.4 Å². The predicted octanol–water partition coefficient (Wildman–Crippen LogP) is 2.03. The molecule has 2 N–H and O–H groups in total. The average molecular weight is 377 g/mol. The van der Waals surface area contributed by atoms with E-state index < -0.39 is 24.5 Å². The molecule has 1 heterocycles. The minimum Gasteiger partial charge on any atom is -0.487 e. The van der Waals surface area contributed by atoms with E-state index in [-0.39, 0.29) is 5.56 Å². The number of amides is 3. The Bertz CT molecular complexity index is 773. The molecule has 9 heteroatoms. The summed E-state index contributed by atoms with van der Waals surface area (Å²) in [4.78, 5) is 38.8. The van der Waals surface area contributed by atoms with Crippen molar-refractivity contribution in [1.29, 1.82) is 0 Å². The van der Waals surface area contributed by atoms with Crippen LogP contribution in [0.3, 0.4) is 0 Å². The fourth-order valence-electron chi connectivity index (χ4n) is 1.90. The number of rotatable bonds is 7. The summed E-state index contributed by atoms with van der Waals surface area (Å²) >= 11 is 1.55. The van der Waals surface area contributed by atoms with Gasteiger partial charge in [0.05, 0.1) is 16.3 Å². The van der Waals surface area contributed by atoms with Gasteiger partial charge in [0.25, 0.3) is 5.91 Å². The second-order valence-electron chi connectivity index (χ2n) is 5.15. The zero-order valence-electron chi connectivity index (χ0n) is 14.4. The lowest BCUT2D eigenvalue weighted by Crippen LogP contribution is -2.41. The molecule has 0 fully saturated rings. The van der Waals surface area contributed by atoms with Crippen molar-refractivity contribution in [2.24, 2.45) is 0 Å². The number of esters is 1. The number of imide groups is 1. The van der Waals surface area contributed by atoms with Gasteiger partial charge in [0, 0.05) is 11.9 Å². The van der Waals surface area contributed by atoms with Crippen LogP contribution in [-0.2, 0) is 16.1 Å². The van der Waals surface area contributed by atoms with E-state index in [4.69, 9.17) is 9.47 Å². The van der Waals surface area contributed by atoms with Gasteiger partial charge < -0.3 is 14.8 Å². The number of hydrogen-bond acceptors (Lipinski definition) is 7. The Kier molecular flexibility index (Phi) is 7.10. The molecule has 0 unspecified atom stereocenters. The first-order valence-corrected chi connectivity index (χ1v) is 8.74. The maximum absolute atomic E-state index is 11.9. The lowest BCUT2D eigenvalue weighted by molar-refractivity contribution is -0.123. The SMILES string of the molecule is CCNC(=O)NC(=O)COC(=O)c1ccc(OCc2csc(C)n2)cc1. The van der Waals surface area contributed by atoms with Gasteiger partial charge in [0.2, 0.25) is 0 Å². The summed E-state index contributed by atoms with van der Waals surface area (Å²) in [5.74, 6) is -0.790. The minimum atomic E-state index is -0.706. The number of ether oxygens (including phenoxy) is 2. The Morgan fingerprint density at radius 2 is 1.92 bits per heavy atom. The monoisotopic (exact) mass is 377 g/mol. The number of urea groups is 1. The summed E-state index contributed by atoms with van der Waals surface area (Å²) in [6.07, 6.45) is 0. The molecule has 138 valence electrons. The predicted molar refractivity (Wildman–Crippen MR) is 95.1 cm³/mol. The molecule has 0 aliphatic heterocycles. The molecule has 2 aromatic rings. The molecule has 0 radical (unpaired) electrons. The highest BCUT2D eigenvalue weighted by molar-refractivity contribution is 7.09. The van der Waals surface area contributed by atoms with E-state index in [1.54, 1.807) is 30.4 Å². The number of benzene rings is 1. The highest BCUT2D eigenvalue weighted by Gasteiger charge is 2.12. The second-order valence-corrected chi connectivity index (χ2v) is 6.22. The van der Waals surface area contributed by atoms with Crippen LogP contribution in [0, 0.1) is 6.92 Å². The number of nitrogens with zero attached hydrogens (tertiary/aromatic N) is 1. The van der Waals surface area contributed by atoms with Crippen LogP contribution >= 0.6 is 11.3 Å². The number of thiazole rings is 1. The second kappa shape index (κ2) is 9.52. The van der Waals surface area contributed by atoms with Gasteiger partial charge >= 0.3 is 12.0 Å². The zero-order valence-corrected chi connectivity index (χ0v) is 15.2. The number of aromatic nitrogens is 1. The van der Waals surface area contributed by atoms with Crippen LogP contribution in [0.5, 0.6) is 5.75 Å². The number of aryl methyl sites for hydroxylation is 1. The smallest absolute Gasteiger partial charge is 0.338 e. The van der Waals surface area contributed by atoms with Crippen molar-refractivity contribution in [3.8, 4) is 5.75 Å². The third kappa shape index (κ3) is 6.17. The standard InChI is InChI=1S/C17H19N3O5S/c1-3-18-17(23)20-15(21)9-25-16(22)12-4-6-14(7-5-12)24-8-13-10-26-11(2)19-13/h4-7,10H,3,8-9H2,1-2H3,(H2,18,20,21,23). The van der Waals surface area contributed by atoms with E-state index in [1.807, 2.05) is 17.6 Å². The molecule has 0 atom stereocenters. The molecule has 1 aromatic heterocycles. The molecule has 1 aromatic carbocycles. The molecule has 2 rings (SSSR count). The first-order valence-electron chi connectivity index (χ1n) is 7.86. The number of nitrogens with one attached hydrogen (secondary N) is 2. The van der Waals surface area contributed by atoms with Crippen LogP contribution < -0.4 is 15.4 Å². The van der Waals surface area contributed by atoms with Gasteiger partial charge in [-0.1, -0.05) is 0 Å². The number of carbonyl (C=O) groups excluding carboxylic acids is 3. The molecule has 0 aliphatic rings. The Balaban J connectivity index is 1.78. The van der Waals surface area contributed by atoms with Crippen LogP contribution in [0.15, 0.2) is 29.6 Å². The lowest BCUT2D eigenvalue weighted by Gasteiger charge is -2.07. The fourth-order valence-corrected chi connectivity index (χ4v) is 2.50. The molecule has 0 saturated heterocycles. The van der Waals surface area contributed by atoms with E-state index in [0.717, 1.165) is 10.7 Å². The highest BCUT2D eigenvalue weighted by Crippen LogP contribution is 2.16. The van der Waals surface area contributed by atoms with E-state index in [2.05, 4.69) is 10.3 Å². The molecular weight excluding hydrogens is 358 g/mol. The molecule has 0 aliphatic carbocycles. The Morgan fingerprint density at radius 1 is 1.19 bits per heavy atom. The third-order valence-electron chi connectivity index (χ3n) is 3.07. The van der Waals surface area contributed by atoms with Crippen LogP contribution in [0.2, 0.25) is 0 Å². The third-order valence-corrected chi connectivity index (χ3v) is 3.89. The number of carbonyl (C=O) groups is 3. The van der Waals surface area contributed by atoms with Crippen LogP contribution in [0.1, 0.15) is 28.0 Å². The van der Waals surface area contributed by atoms with Crippen LogP contribution in [-0.4, -0.2) is 36.0 Å². The van der Waals surface area contributed by atoms with E-state index in [0.29, 0.717) is 18.9 Å². The summed E-state index contributed by atoms with van der Waals surface area (Å²) < 4.78 is 10.4. The van der Waals surface area contributed by atoms with Crippen molar-refractivity contribution in [2.45, 2.75) is 20.5 Å². The van der Waals surface area contributed by atoms with Crippen molar-refractivity contribution in [3.63, 3.8) is 0 Å². The molecule has 26 heavy (non-hydrogen) atoms. The topological polar surface area (TPSA) is 107 Å². The quantitative estimate of drug-likeness (QED) is 0.715. The first-order chi connectivity index (χ1) is 12.5. The largest absolute Gasteiger partial charge is 0.487 e. The minimum absolute atomic E-state index is 0.271. The van der Waals surface area contributed by atoms with Crippen molar-refractivity contribution in [2.75, 3.05) is 13.2 Å². The molecule has 0 bridgehead atoms. The van der Waals surface area contributed by atoms with Gasteiger partial charge in [0.1, 0.15) is 12.4 Å². The van der Waals surface area contributed by atoms with Gasteiger partial charge in [-0.05, 0) is 38.1 Å². The van der Waals surface area contributed by atoms with Crippen molar-refractivity contribution >= 4 is 29.2 Å². The summed E-state index contributed by atoms with van der Waals surface area (Å²) in [7, 11) is 0. The molecular formula is C17H19N3O5S. The van der Waals surface area contributed by atoms with Gasteiger partial charge in [0.15, 0.2) is 6.61 Å². The summed E-state index contributed by atoms with van der Waals surface area (Å²) in [5.41, 5.74) is 1.11. The van der Waals surface area contributed by atoms with Crippen molar-refractivity contribution in [1.82, 2.24) is 15.6 Å². The van der Waals surface area contributed by atoms with E-state index >= 15 is 0 Å². The summed E-state index contributed by atoms with van der Waals surface area (Å²) in [5, 5.41) is 7.33. The summed E-state index contributed by atoms with van der Waals surface area (Å²) in [6, 6.07) is 5.69. The molecule has 3 amide bonds. The fraction of sp³-hybridized carbons (Fsp3) is 0.294. The average Bonchev–Trinajstić information content (AvgIpc) is 3.04. The molecule has 0 spiro atoms. The van der Waals surface area contributed by atoms with E-state index in [1.165, 1.54) is 12.1 Å². The molecule has 0 saturated carbocycles. The highest BCUT2D eigenvalue weighted by atomic mass is 32.1. The Hall–Kier alpha value is -2.94. The van der Waals surface area contributed by atoms with Gasteiger partial charge in [-0.3, -0.25) is 10.1 Å². The Labute approximate surface area is 154 Å². The molecule has 8 nitrogen and oxygen atoms in total. The van der Waals surface area contributed by atoms with Crippen molar-refractivity contribution in [3.05, 3.63) is 45.9 Å². The van der Waals surface area contributed by atoms with Gasteiger partial charge in [-0.25, -0.2) is 14.6 Å². The van der Waals surface area contributed by atoms with Crippen LogP contribution in [0.25, 0.3) is 0 Å².